The van der Waals surface area contributed by atoms with Gasteiger partial charge in [0, 0.05) is 36.9 Å². The highest BCUT2D eigenvalue weighted by Gasteiger charge is 2.19. The summed E-state index contributed by atoms with van der Waals surface area (Å²) >= 11 is 1.82. The van der Waals surface area contributed by atoms with E-state index in [1.54, 1.807) is 0 Å². The molecule has 0 bridgehead atoms. The molecule has 0 radical (unpaired) electrons. The van der Waals surface area contributed by atoms with Crippen LogP contribution < -0.4 is 0 Å². The molecule has 4 heteroatoms. The van der Waals surface area contributed by atoms with Crippen LogP contribution in [0.5, 0.6) is 0 Å². The van der Waals surface area contributed by atoms with Crippen molar-refractivity contribution in [2.75, 3.05) is 0 Å². The predicted octanol–water partition coefficient (Wildman–Crippen LogP) is 14.6. The summed E-state index contributed by atoms with van der Waals surface area (Å²) < 4.78 is 2.45. The minimum Gasteiger partial charge on any atom is -0.208 e. The van der Waals surface area contributed by atoms with Crippen molar-refractivity contribution in [2.45, 2.75) is 32.6 Å². The average Bonchev–Trinajstić information content (AvgIpc) is 3.66. The Bertz CT molecular complexity index is 3030. The molecule has 2 heterocycles. The predicted molar refractivity (Wildman–Crippen MR) is 245 cm³/mol. The Morgan fingerprint density at radius 1 is 0.431 bits per heavy atom. The molecule has 0 saturated carbocycles. The minimum atomic E-state index is 0.364. The highest BCUT2D eigenvalue weighted by Crippen LogP contribution is 2.42. The first-order valence-corrected chi connectivity index (χ1v) is 20.9. The number of aromatic nitrogens is 3. The zero-order valence-electron chi connectivity index (χ0n) is 32.6. The Kier molecular flexibility index (Phi) is 9.40. The second kappa shape index (κ2) is 15.3. The normalized spacial score (nSPS) is 13.6. The fourth-order valence-corrected chi connectivity index (χ4v) is 9.43. The third kappa shape index (κ3) is 6.76. The lowest BCUT2D eigenvalue weighted by molar-refractivity contribution is 0.869. The van der Waals surface area contributed by atoms with Crippen LogP contribution in [0.1, 0.15) is 36.5 Å². The molecule has 9 aromatic rings. The lowest BCUT2D eigenvalue weighted by Gasteiger charge is -2.16. The van der Waals surface area contributed by atoms with Gasteiger partial charge in [-0.25, -0.2) is 15.0 Å². The van der Waals surface area contributed by atoms with Gasteiger partial charge in [-0.1, -0.05) is 172 Å². The van der Waals surface area contributed by atoms with E-state index in [2.05, 4.69) is 178 Å². The lowest BCUT2D eigenvalue weighted by Crippen LogP contribution is -2.01. The Balaban J connectivity index is 1.13. The third-order valence-electron chi connectivity index (χ3n) is 11.2. The molecule has 0 aliphatic heterocycles. The molecule has 0 N–H and O–H groups in total. The van der Waals surface area contributed by atoms with E-state index in [4.69, 9.17) is 15.0 Å². The summed E-state index contributed by atoms with van der Waals surface area (Å²) in [5, 5.41) is 2.38. The second-order valence-corrected chi connectivity index (χ2v) is 16.4. The van der Waals surface area contributed by atoms with Crippen molar-refractivity contribution in [1.29, 1.82) is 0 Å². The van der Waals surface area contributed by atoms with Gasteiger partial charge in [-0.2, -0.15) is 0 Å². The van der Waals surface area contributed by atoms with E-state index in [0.717, 1.165) is 29.5 Å². The largest absolute Gasteiger partial charge is 0.208 e. The summed E-state index contributed by atoms with van der Waals surface area (Å²) in [6.07, 6.45) is 10.6. The minimum absolute atomic E-state index is 0.364. The van der Waals surface area contributed by atoms with Crippen LogP contribution in [-0.4, -0.2) is 15.0 Å². The maximum atomic E-state index is 5.29. The molecule has 0 spiro atoms. The van der Waals surface area contributed by atoms with Gasteiger partial charge in [0.15, 0.2) is 17.5 Å². The van der Waals surface area contributed by atoms with Crippen molar-refractivity contribution < 1.29 is 0 Å². The molecule has 58 heavy (non-hydrogen) atoms. The Morgan fingerprint density at radius 3 is 1.84 bits per heavy atom. The highest BCUT2D eigenvalue weighted by atomic mass is 32.1. The SMILES string of the molecule is CC(C)c1ccc(-c2nc(-c3ccccc3)nc(-c3cccc4sc5ccc(-c6ccc7c(c6)C/C=C\C=C/Cc6ccccc6-7)cc5c34)n2)cc1-c1ccccc1. The lowest BCUT2D eigenvalue weighted by atomic mass is 9.89. The number of allylic oxidation sites excluding steroid dienone is 4. The molecule has 0 atom stereocenters. The van der Waals surface area contributed by atoms with Crippen LogP contribution >= 0.6 is 11.3 Å². The first-order valence-electron chi connectivity index (χ1n) is 20.1. The van der Waals surface area contributed by atoms with Crippen LogP contribution in [0.2, 0.25) is 0 Å². The molecule has 10 rings (SSSR count). The zero-order valence-corrected chi connectivity index (χ0v) is 33.4. The molecule has 0 unspecified atom stereocenters. The molecular formula is C54H41N3S. The van der Waals surface area contributed by atoms with Crippen LogP contribution in [0.3, 0.4) is 0 Å². The maximum Gasteiger partial charge on any atom is 0.164 e. The Morgan fingerprint density at radius 2 is 1.05 bits per heavy atom. The maximum absolute atomic E-state index is 5.29. The summed E-state index contributed by atoms with van der Waals surface area (Å²) in [5.41, 5.74) is 14.3. The van der Waals surface area contributed by atoms with Gasteiger partial charge in [-0.15, -0.1) is 11.3 Å². The third-order valence-corrected chi connectivity index (χ3v) is 12.4. The van der Waals surface area contributed by atoms with Crippen LogP contribution in [0.15, 0.2) is 182 Å². The number of hydrogen-bond donors (Lipinski definition) is 0. The van der Waals surface area contributed by atoms with Gasteiger partial charge < -0.3 is 0 Å². The molecule has 2 aromatic heterocycles. The quantitative estimate of drug-likeness (QED) is 0.169. The average molecular weight is 764 g/mol. The Hall–Kier alpha value is -6.75. The van der Waals surface area contributed by atoms with Crippen LogP contribution in [0.4, 0.5) is 0 Å². The summed E-state index contributed by atoms with van der Waals surface area (Å²) in [6, 6.07) is 56.8. The van der Waals surface area contributed by atoms with Crippen LogP contribution in [0.25, 0.3) is 87.7 Å². The van der Waals surface area contributed by atoms with Gasteiger partial charge in [0.1, 0.15) is 0 Å². The zero-order chi connectivity index (χ0) is 39.0. The topological polar surface area (TPSA) is 38.7 Å². The van der Waals surface area contributed by atoms with Crippen LogP contribution in [0, 0.1) is 0 Å². The monoisotopic (exact) mass is 763 g/mol. The van der Waals surface area contributed by atoms with Gasteiger partial charge >= 0.3 is 0 Å². The van der Waals surface area contributed by atoms with Crippen molar-refractivity contribution in [3.63, 3.8) is 0 Å². The number of fused-ring (bicyclic) bond motifs is 6. The van der Waals surface area contributed by atoms with Gasteiger partial charge in [0.25, 0.3) is 0 Å². The fraction of sp³-hybridized carbons (Fsp3) is 0.0926. The summed E-state index contributed by atoms with van der Waals surface area (Å²) in [4.78, 5) is 15.6. The smallest absolute Gasteiger partial charge is 0.164 e. The van der Waals surface area contributed by atoms with E-state index in [1.807, 2.05) is 29.5 Å². The second-order valence-electron chi connectivity index (χ2n) is 15.3. The van der Waals surface area contributed by atoms with E-state index in [-0.39, 0.29) is 0 Å². The first-order chi connectivity index (χ1) is 28.6. The first kappa shape index (κ1) is 35.6. The number of hydrogen-bond acceptors (Lipinski definition) is 4. The van der Waals surface area contributed by atoms with Crippen LogP contribution in [-0.2, 0) is 12.8 Å². The van der Waals surface area contributed by atoms with E-state index in [9.17, 15) is 0 Å². The van der Waals surface area contributed by atoms with Crippen molar-refractivity contribution in [1.82, 2.24) is 15.0 Å². The van der Waals surface area contributed by atoms with Gasteiger partial charge in [-0.05, 0) is 93.1 Å². The van der Waals surface area contributed by atoms with Crippen molar-refractivity contribution in [2.24, 2.45) is 0 Å². The molecule has 0 fully saturated rings. The van der Waals surface area contributed by atoms with Gasteiger partial charge in [-0.3, -0.25) is 0 Å². The number of benzene rings is 7. The molecule has 1 aliphatic rings. The van der Waals surface area contributed by atoms with E-state index in [1.165, 1.54) is 70.2 Å². The Labute approximate surface area is 343 Å². The fourth-order valence-electron chi connectivity index (χ4n) is 8.31. The highest BCUT2D eigenvalue weighted by molar-refractivity contribution is 7.26. The van der Waals surface area contributed by atoms with E-state index in [0.29, 0.717) is 23.4 Å². The molecule has 278 valence electrons. The molecule has 0 amide bonds. The number of thiophene rings is 1. The molecule has 1 aliphatic carbocycles. The standard InChI is InChI=1S/C54H41N3S/c1-35(2)43-29-27-42(34-47(43)37-17-9-5-10-18-37)53-55-52(38-20-11-6-12-21-38)56-54(57-53)46-24-15-25-50-51(46)48-33-40(28-31-49(48)58-50)39-26-30-45-41(32-39)22-8-4-3-7-16-36-19-13-14-23-44(36)45/h3-15,17-21,23-35H,16,22H2,1-2H3/b7-3-,8-4-. The molecular weight excluding hydrogens is 723 g/mol. The summed E-state index contributed by atoms with van der Waals surface area (Å²) in [5.74, 6) is 2.35. The van der Waals surface area contributed by atoms with Crippen molar-refractivity contribution in [3.8, 4) is 67.5 Å². The summed E-state index contributed by atoms with van der Waals surface area (Å²) in [6.45, 7) is 4.50. The number of nitrogens with zero attached hydrogens (tertiary/aromatic N) is 3. The van der Waals surface area contributed by atoms with Crippen molar-refractivity contribution in [3.05, 3.63) is 199 Å². The van der Waals surface area contributed by atoms with Gasteiger partial charge in [0.2, 0.25) is 0 Å². The van der Waals surface area contributed by atoms with Gasteiger partial charge in [0.05, 0.1) is 0 Å². The van der Waals surface area contributed by atoms with E-state index >= 15 is 0 Å². The molecule has 7 aromatic carbocycles. The summed E-state index contributed by atoms with van der Waals surface area (Å²) in [7, 11) is 0. The molecule has 3 nitrogen and oxygen atoms in total. The number of rotatable bonds is 6. The molecule has 0 saturated heterocycles. The van der Waals surface area contributed by atoms with E-state index < -0.39 is 0 Å². The van der Waals surface area contributed by atoms with Crippen molar-refractivity contribution >= 4 is 31.5 Å².